The summed E-state index contributed by atoms with van der Waals surface area (Å²) >= 11 is 0. The van der Waals surface area contributed by atoms with Crippen molar-refractivity contribution >= 4 is 0 Å². The van der Waals surface area contributed by atoms with E-state index in [-0.39, 0.29) is 5.60 Å². The van der Waals surface area contributed by atoms with Gasteiger partial charge in [-0.3, -0.25) is 0 Å². The smallest absolute Gasteiger partial charge is 0.0683 e. The summed E-state index contributed by atoms with van der Waals surface area (Å²) in [7, 11) is 0. The summed E-state index contributed by atoms with van der Waals surface area (Å²) in [5.41, 5.74) is 0.288. The predicted molar refractivity (Wildman–Crippen MR) is 45.5 cm³/mol. The van der Waals surface area contributed by atoms with E-state index >= 15 is 0 Å². The van der Waals surface area contributed by atoms with Gasteiger partial charge in [-0.15, -0.1) is 0 Å². The highest BCUT2D eigenvalue weighted by molar-refractivity contribution is 4.99. The van der Waals surface area contributed by atoms with Crippen molar-refractivity contribution in [1.82, 2.24) is 0 Å². The van der Waals surface area contributed by atoms with Crippen LogP contribution in [0.3, 0.4) is 0 Å². The van der Waals surface area contributed by atoms with E-state index in [0.29, 0.717) is 6.10 Å². The number of fused-ring (bicyclic) bond motifs is 2. The van der Waals surface area contributed by atoms with Crippen LogP contribution >= 0.6 is 0 Å². The molecule has 0 spiro atoms. The maximum Gasteiger partial charge on any atom is 0.0683 e. The fourth-order valence-electron chi connectivity index (χ4n) is 2.60. The lowest BCUT2D eigenvalue weighted by molar-refractivity contribution is -0.255. The van der Waals surface area contributed by atoms with Gasteiger partial charge < -0.3 is 4.74 Å². The van der Waals surface area contributed by atoms with Crippen LogP contribution in [0.15, 0.2) is 0 Å². The summed E-state index contributed by atoms with van der Waals surface area (Å²) in [6.07, 6.45) is 4.59. The van der Waals surface area contributed by atoms with Crippen molar-refractivity contribution in [3.8, 4) is 0 Å². The van der Waals surface area contributed by atoms with E-state index in [1.165, 1.54) is 19.3 Å². The molecule has 0 N–H and O–H groups in total. The molecule has 2 saturated heterocycles. The second-order valence-corrected chi connectivity index (χ2v) is 4.76. The Labute approximate surface area is 69.1 Å². The van der Waals surface area contributed by atoms with Crippen molar-refractivity contribution in [3.05, 3.63) is 0 Å². The van der Waals surface area contributed by atoms with E-state index in [2.05, 4.69) is 20.8 Å². The Morgan fingerprint density at radius 1 is 1.45 bits per heavy atom. The first kappa shape index (κ1) is 7.60. The molecule has 3 unspecified atom stereocenters. The average Bonchev–Trinajstić information content (AvgIpc) is 1.85. The molecule has 11 heavy (non-hydrogen) atoms. The summed E-state index contributed by atoms with van der Waals surface area (Å²) in [5.74, 6) is 1.65. The molecule has 2 heterocycles. The molecule has 3 fully saturated rings. The van der Waals surface area contributed by atoms with Crippen molar-refractivity contribution in [1.29, 1.82) is 0 Å². The van der Waals surface area contributed by atoms with Gasteiger partial charge in [-0.1, -0.05) is 13.8 Å². The molecule has 2 aliphatic heterocycles. The minimum atomic E-state index is 0.288. The predicted octanol–water partition coefficient (Wildman–Crippen LogP) is 2.60. The highest BCUT2D eigenvalue weighted by atomic mass is 16.5. The Balaban J connectivity index is 1.99. The van der Waals surface area contributed by atoms with Gasteiger partial charge in [-0.05, 0) is 31.6 Å². The summed E-state index contributed by atoms with van der Waals surface area (Å²) < 4.78 is 5.84. The Hall–Kier alpha value is -0.0400. The van der Waals surface area contributed by atoms with E-state index < -0.39 is 0 Å². The van der Waals surface area contributed by atoms with Gasteiger partial charge >= 0.3 is 0 Å². The van der Waals surface area contributed by atoms with Crippen molar-refractivity contribution < 1.29 is 4.74 Å². The van der Waals surface area contributed by atoms with Crippen LogP contribution in [-0.4, -0.2) is 11.7 Å². The topological polar surface area (TPSA) is 9.23 Å². The van der Waals surface area contributed by atoms with E-state index in [4.69, 9.17) is 4.74 Å². The van der Waals surface area contributed by atoms with Gasteiger partial charge in [-0.25, -0.2) is 0 Å². The fourth-order valence-corrected chi connectivity index (χ4v) is 2.60. The van der Waals surface area contributed by atoms with Crippen molar-refractivity contribution in [2.45, 2.75) is 51.7 Å². The molecule has 0 amide bonds. The van der Waals surface area contributed by atoms with Crippen LogP contribution in [0.5, 0.6) is 0 Å². The summed E-state index contributed by atoms with van der Waals surface area (Å²) in [4.78, 5) is 0. The zero-order valence-electron chi connectivity index (χ0n) is 7.76. The molecular weight excluding hydrogens is 136 g/mol. The maximum absolute atomic E-state index is 5.84. The van der Waals surface area contributed by atoms with Gasteiger partial charge in [0.1, 0.15) is 0 Å². The van der Waals surface area contributed by atoms with Crippen molar-refractivity contribution in [2.24, 2.45) is 11.8 Å². The summed E-state index contributed by atoms with van der Waals surface area (Å²) in [6, 6.07) is 0. The number of ether oxygens (including phenoxy) is 1. The van der Waals surface area contributed by atoms with Crippen LogP contribution in [0.4, 0.5) is 0 Å². The molecule has 0 aromatic heterocycles. The maximum atomic E-state index is 5.84. The van der Waals surface area contributed by atoms with Crippen LogP contribution in [0.1, 0.15) is 40.0 Å². The molecule has 1 saturated carbocycles. The van der Waals surface area contributed by atoms with E-state index in [1.807, 2.05) is 0 Å². The third kappa shape index (κ3) is 1.10. The minimum Gasteiger partial charge on any atom is -0.372 e. The fraction of sp³-hybridized carbons (Fsp3) is 1.00. The Morgan fingerprint density at radius 2 is 2.09 bits per heavy atom. The summed E-state index contributed by atoms with van der Waals surface area (Å²) in [5, 5.41) is 0. The van der Waals surface area contributed by atoms with Gasteiger partial charge in [0, 0.05) is 6.42 Å². The second kappa shape index (κ2) is 2.22. The number of hydrogen-bond acceptors (Lipinski definition) is 1. The zero-order chi connectivity index (χ0) is 8.06. The van der Waals surface area contributed by atoms with Crippen molar-refractivity contribution in [3.63, 3.8) is 0 Å². The SMILES string of the molecule is CC(C)C1CCC2(C)CC1O2. The zero-order valence-corrected chi connectivity index (χ0v) is 7.76. The van der Waals surface area contributed by atoms with Crippen LogP contribution in [-0.2, 0) is 4.74 Å². The summed E-state index contributed by atoms with van der Waals surface area (Å²) in [6.45, 7) is 6.88. The standard InChI is InChI=1S/C10H18O/c1-7(2)8-4-5-10(3)6-9(8)11-10/h7-9H,4-6H2,1-3H3. The average molecular weight is 154 g/mol. The number of hydrogen-bond donors (Lipinski definition) is 0. The minimum absolute atomic E-state index is 0.288. The van der Waals surface area contributed by atoms with Crippen molar-refractivity contribution in [2.75, 3.05) is 0 Å². The Kier molecular flexibility index (Phi) is 1.54. The normalized spacial score (nSPS) is 49.1. The molecular formula is C10H18O. The molecule has 3 rings (SSSR count). The van der Waals surface area contributed by atoms with Gasteiger partial charge in [0.2, 0.25) is 0 Å². The number of rotatable bonds is 1. The quantitative estimate of drug-likeness (QED) is 0.564. The first-order chi connectivity index (χ1) is 5.11. The molecule has 1 aliphatic carbocycles. The van der Waals surface area contributed by atoms with Gasteiger partial charge in [0.25, 0.3) is 0 Å². The molecule has 64 valence electrons. The Bertz CT molecular complexity index is 151. The van der Waals surface area contributed by atoms with Crippen LogP contribution in [0.2, 0.25) is 0 Å². The molecule has 0 radical (unpaired) electrons. The molecule has 2 bridgehead atoms. The van der Waals surface area contributed by atoms with E-state index in [9.17, 15) is 0 Å². The molecule has 0 aromatic rings. The largest absolute Gasteiger partial charge is 0.372 e. The monoisotopic (exact) mass is 154 g/mol. The highest BCUT2D eigenvalue weighted by Gasteiger charge is 2.50. The second-order valence-electron chi connectivity index (χ2n) is 4.76. The molecule has 1 nitrogen and oxygen atoms in total. The molecule has 3 aliphatic rings. The van der Waals surface area contributed by atoms with E-state index in [0.717, 1.165) is 11.8 Å². The van der Waals surface area contributed by atoms with Crippen LogP contribution in [0.25, 0.3) is 0 Å². The molecule has 3 atom stereocenters. The lowest BCUT2D eigenvalue weighted by Crippen LogP contribution is -2.57. The lowest BCUT2D eigenvalue weighted by Gasteiger charge is -2.55. The first-order valence-corrected chi connectivity index (χ1v) is 4.78. The highest BCUT2D eigenvalue weighted by Crippen LogP contribution is 2.49. The van der Waals surface area contributed by atoms with E-state index in [1.54, 1.807) is 0 Å². The van der Waals surface area contributed by atoms with Gasteiger partial charge in [0.05, 0.1) is 11.7 Å². The third-order valence-corrected chi connectivity index (χ3v) is 3.41. The third-order valence-electron chi connectivity index (χ3n) is 3.41. The first-order valence-electron chi connectivity index (χ1n) is 4.78. The molecule has 0 aromatic carbocycles. The molecule has 1 heteroatoms. The van der Waals surface area contributed by atoms with Crippen LogP contribution < -0.4 is 0 Å². The van der Waals surface area contributed by atoms with Gasteiger partial charge in [0.15, 0.2) is 0 Å². The van der Waals surface area contributed by atoms with Crippen LogP contribution in [0, 0.1) is 11.8 Å². The lowest BCUT2D eigenvalue weighted by atomic mass is 9.68. The Morgan fingerprint density at radius 3 is 2.45 bits per heavy atom. The van der Waals surface area contributed by atoms with Gasteiger partial charge in [-0.2, -0.15) is 0 Å².